The molecule has 4 rings (SSSR count). The number of fused-ring (bicyclic) bond motifs is 1. The number of halogens is 2. The summed E-state index contributed by atoms with van der Waals surface area (Å²) in [6.45, 7) is 4.16. The lowest BCUT2D eigenvalue weighted by Gasteiger charge is -2.24. The Kier molecular flexibility index (Phi) is 5.88. The first-order chi connectivity index (χ1) is 14.8. The van der Waals surface area contributed by atoms with Crippen LogP contribution in [0.25, 0.3) is 11.0 Å². The van der Waals surface area contributed by atoms with Crippen LogP contribution in [-0.2, 0) is 24.8 Å². The molecule has 1 amide bonds. The predicted octanol–water partition coefficient (Wildman–Crippen LogP) is 4.51. The van der Waals surface area contributed by atoms with Crippen LogP contribution in [0.4, 0.5) is 4.39 Å². The van der Waals surface area contributed by atoms with Crippen LogP contribution in [0.3, 0.4) is 0 Å². The van der Waals surface area contributed by atoms with E-state index in [-0.39, 0.29) is 24.3 Å². The molecule has 1 aliphatic rings. The average molecular weight is 445 g/mol. The summed E-state index contributed by atoms with van der Waals surface area (Å²) in [5.41, 5.74) is 4.05. The number of hydrogen-bond donors (Lipinski definition) is 0. The van der Waals surface area contributed by atoms with E-state index in [0.29, 0.717) is 29.3 Å². The number of aryl methyl sites for hydroxylation is 3. The molecule has 0 saturated heterocycles. The lowest BCUT2D eigenvalue weighted by atomic mass is 9.99. The summed E-state index contributed by atoms with van der Waals surface area (Å²) in [5, 5.41) is 5.60. The standard InChI is InChI=1S/C23H26ClFN4O2/c1-13-16(14(2)26-22-21(13)23(31-4)27-28(22)3)10-11-20(30)29(15-8-9-15)12-17-18(24)6-5-7-19(17)25/h5-7,15H,8-12H2,1-4H3. The van der Waals surface area contributed by atoms with Crippen molar-refractivity contribution in [3.63, 3.8) is 0 Å². The number of hydrogen-bond acceptors (Lipinski definition) is 4. The lowest BCUT2D eigenvalue weighted by molar-refractivity contribution is -0.132. The number of nitrogens with zero attached hydrogens (tertiary/aromatic N) is 4. The number of rotatable bonds is 7. The maximum Gasteiger partial charge on any atom is 0.242 e. The second-order valence-electron chi connectivity index (χ2n) is 8.09. The topological polar surface area (TPSA) is 60.2 Å². The van der Waals surface area contributed by atoms with Gasteiger partial charge in [0.15, 0.2) is 5.65 Å². The minimum absolute atomic E-state index is 0.00105. The molecule has 164 valence electrons. The first-order valence-electron chi connectivity index (χ1n) is 10.4. The Bertz CT molecular complexity index is 1140. The molecular formula is C23H26ClFN4O2. The number of benzene rings is 1. The van der Waals surface area contributed by atoms with Gasteiger partial charge in [-0.05, 0) is 56.4 Å². The zero-order valence-corrected chi connectivity index (χ0v) is 19.0. The number of amides is 1. The van der Waals surface area contributed by atoms with Gasteiger partial charge in [-0.1, -0.05) is 17.7 Å². The first kappa shape index (κ1) is 21.6. The van der Waals surface area contributed by atoms with E-state index >= 15 is 0 Å². The van der Waals surface area contributed by atoms with Crippen LogP contribution in [0.5, 0.6) is 5.88 Å². The van der Waals surface area contributed by atoms with Crippen molar-refractivity contribution in [3.05, 3.63) is 51.4 Å². The van der Waals surface area contributed by atoms with E-state index in [9.17, 15) is 9.18 Å². The molecule has 0 atom stereocenters. The molecule has 1 aliphatic carbocycles. The van der Waals surface area contributed by atoms with Crippen LogP contribution in [0.15, 0.2) is 18.2 Å². The van der Waals surface area contributed by atoms with E-state index in [1.165, 1.54) is 6.07 Å². The fourth-order valence-corrected chi connectivity index (χ4v) is 4.37. The molecule has 3 aromatic rings. The minimum atomic E-state index is -0.379. The molecule has 2 heterocycles. The maximum absolute atomic E-state index is 14.3. The third kappa shape index (κ3) is 4.11. The molecule has 6 nitrogen and oxygen atoms in total. The summed E-state index contributed by atoms with van der Waals surface area (Å²) in [4.78, 5) is 19.6. The van der Waals surface area contributed by atoms with Gasteiger partial charge in [-0.3, -0.25) is 4.79 Å². The molecule has 0 radical (unpaired) electrons. The number of pyridine rings is 1. The lowest BCUT2D eigenvalue weighted by Crippen LogP contribution is -2.33. The van der Waals surface area contributed by atoms with Gasteiger partial charge in [-0.2, -0.15) is 0 Å². The van der Waals surface area contributed by atoms with Gasteiger partial charge >= 0.3 is 0 Å². The Labute approximate surface area is 186 Å². The Hall–Kier alpha value is -2.67. The molecule has 1 aromatic carbocycles. The molecule has 2 aromatic heterocycles. The van der Waals surface area contributed by atoms with Crippen molar-refractivity contribution in [2.24, 2.45) is 7.05 Å². The summed E-state index contributed by atoms with van der Waals surface area (Å²) >= 11 is 6.20. The van der Waals surface area contributed by atoms with Crippen LogP contribution in [-0.4, -0.2) is 38.7 Å². The summed E-state index contributed by atoms with van der Waals surface area (Å²) in [6.07, 6.45) is 2.75. The summed E-state index contributed by atoms with van der Waals surface area (Å²) < 4.78 is 21.4. The zero-order chi connectivity index (χ0) is 22.3. The molecular weight excluding hydrogens is 419 g/mol. The number of carbonyl (C=O) groups is 1. The van der Waals surface area contributed by atoms with Crippen molar-refractivity contribution in [1.82, 2.24) is 19.7 Å². The van der Waals surface area contributed by atoms with E-state index in [1.54, 1.807) is 28.8 Å². The second kappa shape index (κ2) is 8.46. The van der Waals surface area contributed by atoms with E-state index in [1.807, 2.05) is 20.9 Å². The Balaban J connectivity index is 1.56. The number of aromatic nitrogens is 3. The van der Waals surface area contributed by atoms with Gasteiger partial charge in [0.25, 0.3) is 0 Å². The minimum Gasteiger partial charge on any atom is -0.479 e. The van der Waals surface area contributed by atoms with Crippen molar-refractivity contribution in [2.45, 2.75) is 52.1 Å². The average Bonchev–Trinajstić information content (AvgIpc) is 3.51. The zero-order valence-electron chi connectivity index (χ0n) is 18.2. The molecule has 1 saturated carbocycles. The van der Waals surface area contributed by atoms with Crippen LogP contribution in [0.1, 0.15) is 41.6 Å². The molecule has 31 heavy (non-hydrogen) atoms. The van der Waals surface area contributed by atoms with E-state index < -0.39 is 0 Å². The molecule has 1 fully saturated rings. The van der Waals surface area contributed by atoms with Crippen molar-refractivity contribution in [1.29, 1.82) is 0 Å². The van der Waals surface area contributed by atoms with Gasteiger partial charge in [0.05, 0.1) is 19.0 Å². The van der Waals surface area contributed by atoms with Crippen LogP contribution < -0.4 is 4.74 Å². The third-order valence-electron chi connectivity index (χ3n) is 6.00. The highest BCUT2D eigenvalue weighted by Crippen LogP contribution is 2.33. The molecule has 0 unspecified atom stereocenters. The maximum atomic E-state index is 14.3. The van der Waals surface area contributed by atoms with Gasteiger partial charge in [0.1, 0.15) is 5.82 Å². The van der Waals surface area contributed by atoms with E-state index in [0.717, 1.165) is 40.7 Å². The fourth-order valence-electron chi connectivity index (χ4n) is 4.14. The van der Waals surface area contributed by atoms with Crippen molar-refractivity contribution >= 4 is 28.5 Å². The van der Waals surface area contributed by atoms with Gasteiger partial charge < -0.3 is 9.64 Å². The molecule has 0 N–H and O–H groups in total. The third-order valence-corrected chi connectivity index (χ3v) is 6.36. The Morgan fingerprint density at radius 2 is 2.06 bits per heavy atom. The summed E-state index contributed by atoms with van der Waals surface area (Å²) in [7, 11) is 3.42. The number of carbonyl (C=O) groups excluding carboxylic acids is 1. The van der Waals surface area contributed by atoms with Gasteiger partial charge in [-0.15, -0.1) is 5.10 Å². The summed E-state index contributed by atoms with van der Waals surface area (Å²) in [6, 6.07) is 4.77. The van der Waals surface area contributed by atoms with Crippen LogP contribution >= 0.6 is 11.6 Å². The van der Waals surface area contributed by atoms with Gasteiger partial charge in [0.2, 0.25) is 11.8 Å². The van der Waals surface area contributed by atoms with E-state index in [4.69, 9.17) is 21.3 Å². The molecule has 0 aliphatic heterocycles. The first-order valence-corrected chi connectivity index (χ1v) is 10.8. The van der Waals surface area contributed by atoms with Crippen LogP contribution in [0, 0.1) is 19.7 Å². The largest absolute Gasteiger partial charge is 0.479 e. The molecule has 0 spiro atoms. The van der Waals surface area contributed by atoms with E-state index in [2.05, 4.69) is 5.10 Å². The van der Waals surface area contributed by atoms with Gasteiger partial charge in [-0.25, -0.2) is 14.1 Å². The van der Waals surface area contributed by atoms with Crippen molar-refractivity contribution < 1.29 is 13.9 Å². The smallest absolute Gasteiger partial charge is 0.242 e. The van der Waals surface area contributed by atoms with Crippen molar-refractivity contribution in [3.8, 4) is 5.88 Å². The number of methoxy groups -OCH3 is 1. The Morgan fingerprint density at radius 1 is 1.32 bits per heavy atom. The van der Waals surface area contributed by atoms with Gasteiger partial charge in [0, 0.05) is 35.8 Å². The monoisotopic (exact) mass is 444 g/mol. The normalized spacial score (nSPS) is 13.6. The molecule has 8 heteroatoms. The highest BCUT2D eigenvalue weighted by molar-refractivity contribution is 6.31. The SMILES string of the molecule is COc1nn(C)c2nc(C)c(CCC(=O)N(Cc3c(F)cccc3Cl)C3CC3)c(C)c12. The number of ether oxygens (including phenoxy) is 1. The second-order valence-corrected chi connectivity index (χ2v) is 8.49. The van der Waals surface area contributed by atoms with Crippen LogP contribution in [0.2, 0.25) is 5.02 Å². The summed E-state index contributed by atoms with van der Waals surface area (Å²) in [5.74, 6) is 0.152. The highest BCUT2D eigenvalue weighted by Gasteiger charge is 2.33. The molecule has 0 bridgehead atoms. The van der Waals surface area contributed by atoms with Crippen molar-refractivity contribution in [2.75, 3.05) is 7.11 Å². The highest BCUT2D eigenvalue weighted by atomic mass is 35.5. The fraction of sp³-hybridized carbons (Fsp3) is 0.435. The predicted molar refractivity (Wildman–Crippen MR) is 118 cm³/mol. The Morgan fingerprint density at radius 3 is 2.71 bits per heavy atom. The quantitative estimate of drug-likeness (QED) is 0.538.